The van der Waals surface area contributed by atoms with Gasteiger partial charge >= 0.3 is 0 Å². The molecule has 164 valence electrons. The Morgan fingerprint density at radius 3 is 2.59 bits per heavy atom. The van der Waals surface area contributed by atoms with Crippen LogP contribution < -0.4 is 14.9 Å². The molecule has 0 saturated carbocycles. The van der Waals surface area contributed by atoms with Crippen molar-refractivity contribution in [2.75, 3.05) is 19.1 Å². The Morgan fingerprint density at radius 2 is 1.88 bits per heavy atom. The molecule has 3 aromatic rings. The van der Waals surface area contributed by atoms with Crippen molar-refractivity contribution in [3.05, 3.63) is 82.5 Å². The number of nitrogens with one attached hydrogen (secondary N) is 1. The van der Waals surface area contributed by atoms with Crippen LogP contribution in [-0.2, 0) is 18.0 Å². The summed E-state index contributed by atoms with van der Waals surface area (Å²) in [5, 5.41) is 13.8. The van der Waals surface area contributed by atoms with Crippen LogP contribution in [0.1, 0.15) is 34.9 Å². The Balaban J connectivity index is 1.75. The largest absolute Gasteiger partial charge is 0.490 e. The lowest BCUT2D eigenvalue weighted by molar-refractivity contribution is 0.184. The predicted molar refractivity (Wildman–Crippen MR) is 124 cm³/mol. The van der Waals surface area contributed by atoms with Crippen LogP contribution in [0.25, 0.3) is 0 Å². The number of hydrazone groups is 1. The number of pyridine rings is 1. The van der Waals surface area contributed by atoms with Gasteiger partial charge in [0, 0.05) is 18.4 Å². The SMILES string of the molecule is CCOc1cc(/C=N/Nc2nc(C)cc(COC)c2C#N)ccc1OCc1ccccc1. The molecule has 3 rings (SSSR count). The highest BCUT2D eigenvalue weighted by atomic mass is 16.5. The maximum absolute atomic E-state index is 9.52. The molecule has 0 unspecified atom stereocenters. The number of aromatic nitrogens is 1. The third-order valence-corrected chi connectivity index (χ3v) is 4.53. The number of methoxy groups -OCH3 is 1. The van der Waals surface area contributed by atoms with Gasteiger partial charge in [0.2, 0.25) is 0 Å². The number of ether oxygens (including phenoxy) is 3. The van der Waals surface area contributed by atoms with Crippen molar-refractivity contribution in [1.82, 2.24) is 4.98 Å². The minimum atomic E-state index is 0.326. The number of anilines is 1. The molecule has 0 radical (unpaired) electrons. The Labute approximate surface area is 188 Å². The molecule has 1 aromatic heterocycles. The van der Waals surface area contributed by atoms with Gasteiger partial charge in [0.05, 0.1) is 19.4 Å². The van der Waals surface area contributed by atoms with E-state index in [2.05, 4.69) is 21.6 Å². The third-order valence-electron chi connectivity index (χ3n) is 4.53. The van der Waals surface area contributed by atoms with Crippen LogP contribution in [0.4, 0.5) is 5.82 Å². The van der Waals surface area contributed by atoms with Crippen molar-refractivity contribution in [3.8, 4) is 17.6 Å². The van der Waals surface area contributed by atoms with Gasteiger partial charge in [0.15, 0.2) is 17.3 Å². The van der Waals surface area contributed by atoms with Crippen molar-refractivity contribution < 1.29 is 14.2 Å². The van der Waals surface area contributed by atoms with E-state index in [0.717, 1.165) is 22.4 Å². The second kappa shape index (κ2) is 11.5. The summed E-state index contributed by atoms with van der Waals surface area (Å²) in [5.74, 6) is 1.70. The van der Waals surface area contributed by atoms with Crippen molar-refractivity contribution >= 4 is 12.0 Å². The molecule has 0 saturated heterocycles. The van der Waals surface area contributed by atoms with Crippen molar-refractivity contribution in [3.63, 3.8) is 0 Å². The van der Waals surface area contributed by atoms with E-state index in [1.807, 2.05) is 68.4 Å². The summed E-state index contributed by atoms with van der Waals surface area (Å²) in [4.78, 5) is 4.38. The lowest BCUT2D eigenvalue weighted by atomic mass is 10.1. The fourth-order valence-corrected chi connectivity index (χ4v) is 3.11. The minimum Gasteiger partial charge on any atom is -0.490 e. The van der Waals surface area contributed by atoms with E-state index in [9.17, 15) is 5.26 Å². The molecule has 0 atom stereocenters. The zero-order chi connectivity index (χ0) is 22.8. The van der Waals surface area contributed by atoms with Crippen molar-refractivity contribution in [2.45, 2.75) is 27.1 Å². The van der Waals surface area contributed by atoms with E-state index in [-0.39, 0.29) is 0 Å². The first-order valence-corrected chi connectivity index (χ1v) is 10.3. The van der Waals surface area contributed by atoms with E-state index < -0.39 is 0 Å². The molecule has 0 amide bonds. The molecule has 0 fully saturated rings. The summed E-state index contributed by atoms with van der Waals surface area (Å²) in [6, 6.07) is 19.6. The van der Waals surface area contributed by atoms with Gasteiger partial charge in [-0.3, -0.25) is 5.43 Å². The molecule has 2 aromatic carbocycles. The standard InChI is InChI=1S/C25H26N4O3/c1-4-31-24-13-20(10-11-23(24)32-16-19-8-6-5-7-9-19)15-27-29-25-22(14-26)21(17-30-3)12-18(2)28-25/h5-13,15H,4,16-17H2,1-3H3,(H,28,29)/b27-15+. The fraction of sp³-hybridized carbons (Fsp3) is 0.240. The van der Waals surface area contributed by atoms with E-state index in [1.54, 1.807) is 13.3 Å². The monoisotopic (exact) mass is 430 g/mol. The third kappa shape index (κ3) is 6.06. The van der Waals surface area contributed by atoms with Crippen LogP contribution in [0.15, 0.2) is 59.7 Å². The van der Waals surface area contributed by atoms with Gasteiger partial charge in [-0.05, 0) is 49.2 Å². The van der Waals surface area contributed by atoms with Crippen molar-refractivity contribution in [1.29, 1.82) is 5.26 Å². The molecule has 32 heavy (non-hydrogen) atoms. The van der Waals surface area contributed by atoms with Gasteiger partial charge in [-0.15, -0.1) is 0 Å². The number of hydrogen-bond donors (Lipinski definition) is 1. The second-order valence-electron chi connectivity index (χ2n) is 6.97. The summed E-state index contributed by atoms with van der Waals surface area (Å²) in [6.45, 7) is 5.08. The number of nitriles is 1. The van der Waals surface area contributed by atoms with E-state index in [0.29, 0.717) is 42.7 Å². The number of aryl methyl sites for hydroxylation is 1. The molecule has 0 aliphatic rings. The highest BCUT2D eigenvalue weighted by Crippen LogP contribution is 2.29. The molecular formula is C25H26N4O3. The number of rotatable bonds is 10. The average Bonchev–Trinajstić information content (AvgIpc) is 2.79. The lowest BCUT2D eigenvalue weighted by Crippen LogP contribution is -2.04. The molecule has 1 heterocycles. The van der Waals surface area contributed by atoms with E-state index in [4.69, 9.17) is 14.2 Å². The van der Waals surface area contributed by atoms with Gasteiger partial charge < -0.3 is 14.2 Å². The first kappa shape index (κ1) is 22.8. The van der Waals surface area contributed by atoms with Gasteiger partial charge in [-0.1, -0.05) is 30.3 Å². The number of nitrogens with zero attached hydrogens (tertiary/aromatic N) is 3. The molecular weight excluding hydrogens is 404 g/mol. The Kier molecular flexibility index (Phi) is 8.18. The van der Waals surface area contributed by atoms with E-state index in [1.165, 1.54) is 0 Å². The fourth-order valence-electron chi connectivity index (χ4n) is 3.11. The maximum atomic E-state index is 9.52. The van der Waals surface area contributed by atoms with Crippen LogP contribution >= 0.6 is 0 Å². The van der Waals surface area contributed by atoms with E-state index >= 15 is 0 Å². The van der Waals surface area contributed by atoms with Gasteiger partial charge in [-0.25, -0.2) is 4.98 Å². The number of benzene rings is 2. The highest BCUT2D eigenvalue weighted by Gasteiger charge is 2.11. The van der Waals surface area contributed by atoms with Gasteiger partial charge in [0.1, 0.15) is 18.2 Å². The summed E-state index contributed by atoms with van der Waals surface area (Å²) in [7, 11) is 1.59. The molecule has 0 bridgehead atoms. The summed E-state index contributed by atoms with van der Waals surface area (Å²) in [5.41, 5.74) is 6.71. The van der Waals surface area contributed by atoms with Crippen molar-refractivity contribution in [2.24, 2.45) is 5.10 Å². The Morgan fingerprint density at radius 1 is 1.06 bits per heavy atom. The quantitative estimate of drug-likeness (QED) is 0.366. The van der Waals surface area contributed by atoms with Crippen LogP contribution in [0, 0.1) is 18.3 Å². The predicted octanol–water partition coefficient (Wildman–Crippen LogP) is 4.83. The number of hydrogen-bond acceptors (Lipinski definition) is 7. The zero-order valence-corrected chi connectivity index (χ0v) is 18.5. The lowest BCUT2D eigenvalue weighted by Gasteiger charge is -2.13. The average molecular weight is 431 g/mol. The topological polar surface area (TPSA) is 88.8 Å². The first-order valence-electron chi connectivity index (χ1n) is 10.3. The Bertz CT molecular complexity index is 1110. The molecule has 7 heteroatoms. The molecule has 0 aliphatic heterocycles. The Hall–Kier alpha value is -3.89. The second-order valence-corrected chi connectivity index (χ2v) is 6.97. The smallest absolute Gasteiger partial charge is 0.164 e. The van der Waals surface area contributed by atoms with Crippen LogP contribution in [-0.4, -0.2) is 24.9 Å². The summed E-state index contributed by atoms with van der Waals surface area (Å²) < 4.78 is 16.9. The highest BCUT2D eigenvalue weighted by molar-refractivity contribution is 5.81. The normalized spacial score (nSPS) is 10.7. The first-order chi connectivity index (χ1) is 15.6. The zero-order valence-electron chi connectivity index (χ0n) is 18.5. The molecule has 7 nitrogen and oxygen atoms in total. The summed E-state index contributed by atoms with van der Waals surface area (Å²) >= 11 is 0. The van der Waals surface area contributed by atoms with Crippen LogP contribution in [0.2, 0.25) is 0 Å². The molecule has 0 spiro atoms. The summed E-state index contributed by atoms with van der Waals surface area (Å²) in [6.07, 6.45) is 1.64. The van der Waals surface area contributed by atoms with Gasteiger partial charge in [0.25, 0.3) is 0 Å². The maximum Gasteiger partial charge on any atom is 0.164 e. The molecule has 1 N–H and O–H groups in total. The minimum absolute atomic E-state index is 0.326. The van der Waals surface area contributed by atoms with Crippen LogP contribution in [0.3, 0.4) is 0 Å². The van der Waals surface area contributed by atoms with Gasteiger partial charge in [-0.2, -0.15) is 10.4 Å². The van der Waals surface area contributed by atoms with Crippen LogP contribution in [0.5, 0.6) is 11.5 Å². The molecule has 0 aliphatic carbocycles.